The molecule has 0 bridgehead atoms. The van der Waals surface area contributed by atoms with E-state index in [0.717, 1.165) is 16.5 Å². The van der Waals surface area contributed by atoms with Crippen molar-refractivity contribution in [2.24, 2.45) is 0 Å². The van der Waals surface area contributed by atoms with Crippen molar-refractivity contribution in [3.05, 3.63) is 35.1 Å². The molecule has 0 radical (unpaired) electrons. The van der Waals surface area contributed by atoms with Gasteiger partial charge in [0.05, 0.1) is 19.2 Å². The summed E-state index contributed by atoms with van der Waals surface area (Å²) in [7, 11) is 0. The lowest BCUT2D eigenvalue weighted by Crippen LogP contribution is -2.43. The Morgan fingerprint density at radius 2 is 1.88 bits per heavy atom. The van der Waals surface area contributed by atoms with Gasteiger partial charge < -0.3 is 14.6 Å². The average Bonchev–Trinajstić information content (AvgIpc) is 2.92. The molecule has 2 amide bonds. The summed E-state index contributed by atoms with van der Waals surface area (Å²) < 4.78 is 5.66. The molecule has 5 heteroatoms. The van der Waals surface area contributed by atoms with Gasteiger partial charge in [-0.1, -0.05) is 13.8 Å². The number of likely N-dealkylation sites (N-methyl/N-ethyl adjacent to an activating group) is 1. The second-order valence-corrected chi connectivity index (χ2v) is 7.43. The van der Waals surface area contributed by atoms with Crippen LogP contribution in [0.4, 0.5) is 0 Å². The number of carbonyl (C=O) groups is 2. The first kappa shape index (κ1) is 20.0. The number of nitrogens with zero attached hydrogens (tertiary/aromatic N) is 1. The predicted octanol–water partition coefficient (Wildman–Crippen LogP) is 3.78. The van der Waals surface area contributed by atoms with Gasteiger partial charge in [0.15, 0.2) is 0 Å². The van der Waals surface area contributed by atoms with Crippen molar-refractivity contribution < 1.29 is 14.0 Å². The summed E-state index contributed by atoms with van der Waals surface area (Å²) in [6.07, 6.45) is 1.89. The van der Waals surface area contributed by atoms with Gasteiger partial charge in [0.2, 0.25) is 11.8 Å². The predicted molar refractivity (Wildman–Crippen MR) is 104 cm³/mol. The Hall–Kier alpha value is -2.30. The summed E-state index contributed by atoms with van der Waals surface area (Å²) in [5.74, 6) is 0.204. The summed E-state index contributed by atoms with van der Waals surface area (Å²) in [6, 6.07) is 4.22. The number of benzene rings is 1. The molecule has 142 valence electrons. The van der Waals surface area contributed by atoms with Crippen molar-refractivity contribution in [3.63, 3.8) is 0 Å². The normalized spacial score (nSPS) is 11.4. The van der Waals surface area contributed by atoms with Crippen LogP contribution in [0.2, 0.25) is 0 Å². The second kappa shape index (κ2) is 8.39. The first-order valence-electron chi connectivity index (χ1n) is 9.30. The Morgan fingerprint density at radius 1 is 1.19 bits per heavy atom. The first-order chi connectivity index (χ1) is 12.2. The molecule has 26 heavy (non-hydrogen) atoms. The van der Waals surface area contributed by atoms with Crippen LogP contribution < -0.4 is 5.32 Å². The average molecular weight is 358 g/mol. The Balaban J connectivity index is 2.19. The van der Waals surface area contributed by atoms with Crippen LogP contribution >= 0.6 is 0 Å². The van der Waals surface area contributed by atoms with Crippen molar-refractivity contribution >= 4 is 22.8 Å². The third-order valence-corrected chi connectivity index (χ3v) is 4.52. The Labute approximate surface area is 155 Å². The first-order valence-corrected chi connectivity index (χ1v) is 9.30. The van der Waals surface area contributed by atoms with E-state index >= 15 is 0 Å². The van der Waals surface area contributed by atoms with Crippen LogP contribution in [0, 0.1) is 6.92 Å². The lowest BCUT2D eigenvalue weighted by atomic mass is 9.95. The van der Waals surface area contributed by atoms with E-state index < -0.39 is 0 Å². The molecular weight excluding hydrogens is 328 g/mol. The number of rotatable bonds is 7. The summed E-state index contributed by atoms with van der Waals surface area (Å²) in [6.45, 7) is 12.7. The number of furan rings is 1. The molecule has 0 aliphatic carbocycles. The van der Waals surface area contributed by atoms with Gasteiger partial charge in [-0.05, 0) is 56.9 Å². The van der Waals surface area contributed by atoms with Crippen molar-refractivity contribution in [3.8, 4) is 0 Å². The maximum absolute atomic E-state index is 12.7. The minimum atomic E-state index is -0.134. The quantitative estimate of drug-likeness (QED) is 0.819. The molecule has 2 aromatic rings. The van der Waals surface area contributed by atoms with E-state index in [1.165, 1.54) is 11.1 Å². The summed E-state index contributed by atoms with van der Waals surface area (Å²) in [5.41, 5.74) is 4.13. The van der Waals surface area contributed by atoms with Gasteiger partial charge in [0.1, 0.15) is 5.58 Å². The highest BCUT2D eigenvalue weighted by Gasteiger charge is 2.19. The standard InChI is InChI=1S/C21H30N2O3/c1-7-23(11-20(24)22-14(4)5)21(25)9-16-12-26-19-8-15(6)17(13(2)3)10-18(16)19/h8,10,12-14H,7,9,11H2,1-6H3,(H,22,24). The molecule has 0 unspecified atom stereocenters. The molecule has 1 heterocycles. The van der Waals surface area contributed by atoms with E-state index in [1.807, 2.05) is 26.8 Å². The fourth-order valence-corrected chi connectivity index (χ4v) is 3.20. The van der Waals surface area contributed by atoms with Crippen molar-refractivity contribution in [1.82, 2.24) is 10.2 Å². The van der Waals surface area contributed by atoms with Crippen molar-refractivity contribution in [1.29, 1.82) is 0 Å². The Bertz CT molecular complexity index is 790. The van der Waals surface area contributed by atoms with E-state index in [-0.39, 0.29) is 30.8 Å². The summed E-state index contributed by atoms with van der Waals surface area (Å²) in [5, 5.41) is 3.81. The van der Waals surface area contributed by atoms with Crippen LogP contribution in [0.25, 0.3) is 11.0 Å². The topological polar surface area (TPSA) is 62.6 Å². The van der Waals surface area contributed by atoms with Crippen LogP contribution in [0.5, 0.6) is 0 Å². The van der Waals surface area contributed by atoms with E-state index in [9.17, 15) is 9.59 Å². The number of nitrogens with one attached hydrogen (secondary N) is 1. The monoisotopic (exact) mass is 358 g/mol. The third-order valence-electron chi connectivity index (χ3n) is 4.52. The molecule has 0 atom stereocenters. The van der Waals surface area contributed by atoms with Gasteiger partial charge >= 0.3 is 0 Å². The van der Waals surface area contributed by atoms with Gasteiger partial charge in [0.25, 0.3) is 0 Å². The number of fused-ring (bicyclic) bond motifs is 1. The second-order valence-electron chi connectivity index (χ2n) is 7.43. The van der Waals surface area contributed by atoms with E-state index in [2.05, 4.69) is 32.2 Å². The van der Waals surface area contributed by atoms with Crippen LogP contribution in [-0.4, -0.2) is 35.8 Å². The fourth-order valence-electron chi connectivity index (χ4n) is 3.20. The SMILES string of the molecule is CCN(CC(=O)NC(C)C)C(=O)Cc1coc2cc(C)c(C(C)C)cc12. The van der Waals surface area contributed by atoms with Gasteiger partial charge in [0, 0.05) is 23.5 Å². The summed E-state index contributed by atoms with van der Waals surface area (Å²) >= 11 is 0. The molecule has 5 nitrogen and oxygen atoms in total. The molecule has 0 saturated carbocycles. The number of aryl methyl sites for hydroxylation is 1. The number of hydrogen-bond acceptors (Lipinski definition) is 3. The van der Waals surface area contributed by atoms with Crippen LogP contribution in [0.1, 0.15) is 57.2 Å². The molecule has 0 fully saturated rings. The number of amides is 2. The van der Waals surface area contributed by atoms with Gasteiger partial charge in [-0.15, -0.1) is 0 Å². The van der Waals surface area contributed by atoms with Crippen LogP contribution in [0.3, 0.4) is 0 Å². The van der Waals surface area contributed by atoms with Crippen molar-refractivity contribution in [2.45, 2.75) is 59.9 Å². The molecule has 0 aliphatic rings. The number of hydrogen-bond donors (Lipinski definition) is 1. The van der Waals surface area contributed by atoms with Crippen LogP contribution in [-0.2, 0) is 16.0 Å². The van der Waals surface area contributed by atoms with Gasteiger partial charge in [-0.25, -0.2) is 0 Å². The third kappa shape index (κ3) is 4.65. The van der Waals surface area contributed by atoms with Crippen molar-refractivity contribution in [2.75, 3.05) is 13.1 Å². The zero-order chi connectivity index (χ0) is 19.4. The van der Waals surface area contributed by atoms with E-state index in [1.54, 1.807) is 11.2 Å². The highest BCUT2D eigenvalue weighted by Crippen LogP contribution is 2.29. The van der Waals surface area contributed by atoms with E-state index in [0.29, 0.717) is 12.5 Å². The molecule has 0 aliphatic heterocycles. The highest BCUT2D eigenvalue weighted by molar-refractivity contribution is 5.90. The lowest BCUT2D eigenvalue weighted by Gasteiger charge is -2.21. The molecule has 2 rings (SSSR count). The minimum absolute atomic E-state index is 0.0619. The zero-order valence-corrected chi connectivity index (χ0v) is 16.7. The number of carbonyl (C=O) groups excluding carboxylic acids is 2. The molecular formula is C21H30N2O3. The molecule has 0 spiro atoms. The van der Waals surface area contributed by atoms with E-state index in [4.69, 9.17) is 4.42 Å². The molecule has 1 aromatic carbocycles. The molecule has 1 N–H and O–H groups in total. The maximum Gasteiger partial charge on any atom is 0.239 e. The van der Waals surface area contributed by atoms with Crippen LogP contribution in [0.15, 0.2) is 22.8 Å². The maximum atomic E-state index is 12.7. The molecule has 0 saturated heterocycles. The lowest BCUT2D eigenvalue weighted by molar-refractivity contribution is -0.135. The van der Waals surface area contributed by atoms with Gasteiger partial charge in [-0.3, -0.25) is 9.59 Å². The largest absolute Gasteiger partial charge is 0.464 e. The molecule has 1 aromatic heterocycles. The smallest absolute Gasteiger partial charge is 0.239 e. The highest BCUT2D eigenvalue weighted by atomic mass is 16.3. The van der Waals surface area contributed by atoms with Gasteiger partial charge in [-0.2, -0.15) is 0 Å². The Morgan fingerprint density at radius 3 is 2.46 bits per heavy atom. The fraction of sp³-hybridized carbons (Fsp3) is 0.524. The Kier molecular flexibility index (Phi) is 6.46. The zero-order valence-electron chi connectivity index (χ0n) is 16.7. The minimum Gasteiger partial charge on any atom is -0.464 e. The summed E-state index contributed by atoms with van der Waals surface area (Å²) in [4.78, 5) is 26.2.